The van der Waals surface area contributed by atoms with Crippen LogP contribution in [0.15, 0.2) is 78.9 Å². The molecule has 1 aliphatic rings. The number of rotatable bonds is 8. The molecule has 0 aromatic heterocycles. The predicted molar refractivity (Wildman–Crippen MR) is 122 cm³/mol. The topological polar surface area (TPSA) is 24.9 Å². The van der Waals surface area contributed by atoms with Gasteiger partial charge in [-0.05, 0) is 29.8 Å². The highest BCUT2D eigenvalue weighted by Gasteiger charge is 2.22. The highest BCUT2D eigenvalue weighted by atomic mass is 19.1. The van der Waals surface area contributed by atoms with Crippen molar-refractivity contribution in [2.45, 2.75) is 12.5 Å². The number of para-hydroxylation sites is 3. The highest BCUT2D eigenvalue weighted by Crippen LogP contribution is 2.30. The van der Waals surface area contributed by atoms with Crippen LogP contribution < -0.4 is 14.4 Å². The summed E-state index contributed by atoms with van der Waals surface area (Å²) in [7, 11) is 1.72. The summed E-state index contributed by atoms with van der Waals surface area (Å²) in [6.07, 6.45) is 0.609. The van der Waals surface area contributed by atoms with Crippen LogP contribution in [0.1, 0.15) is 18.1 Å². The van der Waals surface area contributed by atoms with Crippen molar-refractivity contribution in [1.29, 1.82) is 0 Å². The Hall–Kier alpha value is -3.05. The summed E-state index contributed by atoms with van der Waals surface area (Å²) in [5.41, 5.74) is 2.22. The van der Waals surface area contributed by atoms with Crippen molar-refractivity contribution in [3.05, 3.63) is 90.2 Å². The molecule has 0 spiro atoms. The van der Waals surface area contributed by atoms with E-state index in [-0.39, 0.29) is 11.9 Å². The summed E-state index contributed by atoms with van der Waals surface area (Å²) in [5.74, 6) is 0.893. The molecule has 0 aliphatic carbocycles. The van der Waals surface area contributed by atoms with Crippen LogP contribution in [0.5, 0.6) is 11.5 Å². The lowest BCUT2D eigenvalue weighted by atomic mass is 10.1. The van der Waals surface area contributed by atoms with Gasteiger partial charge in [0.05, 0.1) is 12.8 Å². The molecule has 31 heavy (non-hydrogen) atoms. The van der Waals surface area contributed by atoms with E-state index in [2.05, 4.69) is 21.9 Å². The van der Waals surface area contributed by atoms with E-state index in [1.54, 1.807) is 25.3 Å². The smallest absolute Gasteiger partial charge is 0.165 e. The number of piperazine rings is 1. The molecule has 3 aromatic rings. The van der Waals surface area contributed by atoms with E-state index in [0.29, 0.717) is 5.75 Å². The molecule has 0 saturated carbocycles. The molecule has 162 valence electrons. The third kappa shape index (κ3) is 5.36. The van der Waals surface area contributed by atoms with Gasteiger partial charge in [0, 0.05) is 39.1 Å². The molecule has 1 fully saturated rings. The van der Waals surface area contributed by atoms with Gasteiger partial charge >= 0.3 is 0 Å². The lowest BCUT2D eigenvalue weighted by Gasteiger charge is -2.37. The number of halogens is 1. The van der Waals surface area contributed by atoms with Gasteiger partial charge in [0.2, 0.25) is 0 Å². The first-order valence-electron chi connectivity index (χ1n) is 10.8. The largest absolute Gasteiger partial charge is 0.495 e. The monoisotopic (exact) mass is 420 g/mol. The van der Waals surface area contributed by atoms with E-state index in [0.717, 1.165) is 56.1 Å². The summed E-state index contributed by atoms with van der Waals surface area (Å²) < 4.78 is 25.8. The SMILES string of the molecule is COc1ccccc1N1CCN(CC[C@@H](Oc2ccccc2F)c2ccccc2)CC1. The van der Waals surface area contributed by atoms with E-state index in [1.807, 2.05) is 42.5 Å². The number of hydrogen-bond donors (Lipinski definition) is 0. The molecule has 4 nitrogen and oxygen atoms in total. The summed E-state index contributed by atoms with van der Waals surface area (Å²) in [6.45, 7) is 4.74. The van der Waals surface area contributed by atoms with E-state index in [9.17, 15) is 4.39 Å². The Bertz CT molecular complexity index is 958. The van der Waals surface area contributed by atoms with Crippen LogP contribution in [0.4, 0.5) is 10.1 Å². The fraction of sp³-hybridized carbons (Fsp3) is 0.308. The molecular formula is C26H29FN2O2. The average Bonchev–Trinajstić information content (AvgIpc) is 2.84. The van der Waals surface area contributed by atoms with Crippen molar-refractivity contribution < 1.29 is 13.9 Å². The fourth-order valence-electron chi connectivity index (χ4n) is 4.06. The maximum absolute atomic E-state index is 14.2. The second-order valence-corrected chi connectivity index (χ2v) is 7.74. The van der Waals surface area contributed by atoms with Crippen molar-refractivity contribution >= 4 is 5.69 Å². The Morgan fingerprint density at radius 1 is 0.806 bits per heavy atom. The van der Waals surface area contributed by atoms with Gasteiger partial charge in [-0.25, -0.2) is 4.39 Å². The zero-order valence-electron chi connectivity index (χ0n) is 17.9. The van der Waals surface area contributed by atoms with Gasteiger partial charge in [-0.3, -0.25) is 4.90 Å². The van der Waals surface area contributed by atoms with Crippen molar-refractivity contribution in [2.75, 3.05) is 44.7 Å². The number of ether oxygens (including phenoxy) is 2. The lowest BCUT2D eigenvalue weighted by molar-refractivity contribution is 0.155. The maximum Gasteiger partial charge on any atom is 0.165 e. The molecule has 1 heterocycles. The van der Waals surface area contributed by atoms with Gasteiger partial charge in [0.15, 0.2) is 11.6 Å². The standard InChI is InChI=1S/C26H29FN2O2/c1-30-26-14-8-6-12-23(26)29-19-17-28(18-20-29)16-15-24(21-9-3-2-4-10-21)31-25-13-7-5-11-22(25)27/h2-14,24H,15-20H2,1H3/t24-/m1/s1. The number of anilines is 1. The van der Waals surface area contributed by atoms with Crippen LogP contribution in [0.2, 0.25) is 0 Å². The minimum atomic E-state index is -0.325. The Kier molecular flexibility index (Phi) is 7.05. The van der Waals surface area contributed by atoms with Crippen molar-refractivity contribution in [2.24, 2.45) is 0 Å². The van der Waals surface area contributed by atoms with Gasteiger partial charge in [0.1, 0.15) is 11.9 Å². The summed E-state index contributed by atoms with van der Waals surface area (Å²) >= 11 is 0. The second kappa shape index (κ2) is 10.3. The zero-order chi connectivity index (χ0) is 21.5. The van der Waals surface area contributed by atoms with E-state index in [1.165, 1.54) is 6.07 Å². The Balaban J connectivity index is 1.37. The van der Waals surface area contributed by atoms with E-state index in [4.69, 9.17) is 9.47 Å². The van der Waals surface area contributed by atoms with E-state index >= 15 is 0 Å². The first kappa shape index (κ1) is 21.2. The molecule has 1 saturated heterocycles. The van der Waals surface area contributed by atoms with Gasteiger partial charge in [-0.2, -0.15) is 0 Å². The van der Waals surface area contributed by atoms with Crippen LogP contribution >= 0.6 is 0 Å². The predicted octanol–water partition coefficient (Wildman–Crippen LogP) is 5.17. The quantitative estimate of drug-likeness (QED) is 0.502. The Morgan fingerprint density at radius 3 is 2.16 bits per heavy atom. The summed E-state index contributed by atoms with van der Waals surface area (Å²) in [6, 6.07) is 24.9. The van der Waals surface area contributed by atoms with Crippen LogP contribution in [0, 0.1) is 5.82 Å². The third-order valence-corrected chi connectivity index (χ3v) is 5.78. The van der Waals surface area contributed by atoms with Crippen LogP contribution in [0.3, 0.4) is 0 Å². The number of nitrogens with zero attached hydrogens (tertiary/aromatic N) is 2. The molecule has 3 aromatic carbocycles. The first-order chi connectivity index (χ1) is 15.2. The number of methoxy groups -OCH3 is 1. The van der Waals surface area contributed by atoms with Crippen LogP contribution in [-0.4, -0.2) is 44.7 Å². The van der Waals surface area contributed by atoms with Gasteiger partial charge in [0.25, 0.3) is 0 Å². The fourth-order valence-corrected chi connectivity index (χ4v) is 4.06. The normalized spacial score (nSPS) is 15.5. The Morgan fingerprint density at radius 2 is 1.45 bits per heavy atom. The van der Waals surface area contributed by atoms with Crippen molar-refractivity contribution in [1.82, 2.24) is 4.90 Å². The highest BCUT2D eigenvalue weighted by molar-refractivity contribution is 5.58. The minimum Gasteiger partial charge on any atom is -0.495 e. The van der Waals surface area contributed by atoms with Gasteiger partial charge < -0.3 is 14.4 Å². The molecule has 0 radical (unpaired) electrons. The molecule has 5 heteroatoms. The average molecular weight is 421 g/mol. The maximum atomic E-state index is 14.2. The van der Waals surface area contributed by atoms with E-state index < -0.39 is 0 Å². The third-order valence-electron chi connectivity index (χ3n) is 5.78. The first-order valence-corrected chi connectivity index (χ1v) is 10.8. The molecule has 1 atom stereocenters. The molecule has 0 N–H and O–H groups in total. The molecule has 4 rings (SSSR count). The summed E-state index contributed by atoms with van der Waals surface area (Å²) in [5, 5.41) is 0. The Labute approximate surface area is 183 Å². The molecule has 1 aliphatic heterocycles. The van der Waals surface area contributed by atoms with Crippen LogP contribution in [0.25, 0.3) is 0 Å². The van der Waals surface area contributed by atoms with Crippen LogP contribution in [-0.2, 0) is 0 Å². The van der Waals surface area contributed by atoms with Crippen molar-refractivity contribution in [3.8, 4) is 11.5 Å². The molecule has 0 bridgehead atoms. The lowest BCUT2D eigenvalue weighted by Crippen LogP contribution is -2.47. The second-order valence-electron chi connectivity index (χ2n) is 7.74. The summed E-state index contributed by atoms with van der Waals surface area (Å²) in [4.78, 5) is 4.83. The zero-order valence-corrected chi connectivity index (χ0v) is 17.9. The molecule has 0 amide bonds. The molecular weight excluding hydrogens is 391 g/mol. The minimum absolute atomic E-state index is 0.189. The number of benzene rings is 3. The molecule has 0 unspecified atom stereocenters. The van der Waals surface area contributed by atoms with Crippen molar-refractivity contribution in [3.63, 3.8) is 0 Å². The number of hydrogen-bond acceptors (Lipinski definition) is 4. The van der Waals surface area contributed by atoms with Gasteiger partial charge in [-0.15, -0.1) is 0 Å². The van der Waals surface area contributed by atoms with Gasteiger partial charge in [-0.1, -0.05) is 54.6 Å².